The normalized spacial score (nSPS) is 22.4. The Kier molecular flexibility index (Phi) is 6.08. The molecular weight excluding hydrogens is 227 g/mol. The Morgan fingerprint density at radius 1 is 1.71 bits per heavy atom. The van der Waals surface area contributed by atoms with Crippen LogP contribution in [-0.2, 0) is 9.59 Å². The monoisotopic (exact) mass is 240 g/mol. The molecule has 1 aliphatic rings. The van der Waals surface area contributed by atoms with E-state index in [1.807, 2.05) is 0 Å². The van der Waals surface area contributed by atoms with Crippen LogP contribution >= 0.6 is 24.0 Å². The topological polar surface area (TPSA) is 72.2 Å². The molecule has 0 bridgehead atoms. The van der Waals surface area contributed by atoms with Crippen molar-refractivity contribution in [2.24, 2.45) is 11.7 Å². The molecule has 82 valence electrons. The van der Waals surface area contributed by atoms with Gasteiger partial charge in [-0.3, -0.25) is 9.59 Å². The molecule has 0 radical (unpaired) electrons. The standard InChI is InChI=1S/C8H13ClN2O2.ClH/c9-4-7(12)6(10)3-5-1-2-11-8(5)13;/h5-6H,1-4,10H2,(H,11,13);1H/t5-,6-;/m0./s1. The Morgan fingerprint density at radius 2 is 2.36 bits per heavy atom. The minimum atomic E-state index is -0.591. The molecule has 2 atom stereocenters. The average Bonchev–Trinajstić information content (AvgIpc) is 2.50. The van der Waals surface area contributed by atoms with Gasteiger partial charge in [0, 0.05) is 12.5 Å². The van der Waals surface area contributed by atoms with Crippen molar-refractivity contribution in [3.8, 4) is 0 Å². The summed E-state index contributed by atoms with van der Waals surface area (Å²) in [5.41, 5.74) is 5.56. The van der Waals surface area contributed by atoms with Crippen LogP contribution in [0.4, 0.5) is 0 Å². The van der Waals surface area contributed by atoms with E-state index in [-0.39, 0.29) is 35.9 Å². The van der Waals surface area contributed by atoms with Crippen molar-refractivity contribution in [2.45, 2.75) is 18.9 Å². The largest absolute Gasteiger partial charge is 0.356 e. The summed E-state index contributed by atoms with van der Waals surface area (Å²) < 4.78 is 0. The second kappa shape index (κ2) is 6.22. The fourth-order valence-corrected chi connectivity index (χ4v) is 1.61. The first-order valence-electron chi connectivity index (χ1n) is 4.27. The Bertz CT molecular complexity index is 223. The van der Waals surface area contributed by atoms with Crippen LogP contribution in [0.5, 0.6) is 0 Å². The number of carbonyl (C=O) groups is 2. The van der Waals surface area contributed by atoms with E-state index in [1.54, 1.807) is 0 Å². The number of halogens is 2. The van der Waals surface area contributed by atoms with Crippen LogP contribution < -0.4 is 11.1 Å². The number of nitrogens with one attached hydrogen (secondary N) is 1. The van der Waals surface area contributed by atoms with E-state index in [4.69, 9.17) is 17.3 Å². The van der Waals surface area contributed by atoms with Crippen molar-refractivity contribution in [2.75, 3.05) is 12.4 Å². The van der Waals surface area contributed by atoms with Gasteiger partial charge in [0.1, 0.15) is 0 Å². The first-order chi connectivity index (χ1) is 6.15. The van der Waals surface area contributed by atoms with Crippen LogP contribution in [0.1, 0.15) is 12.8 Å². The molecule has 0 aromatic heterocycles. The highest BCUT2D eigenvalue weighted by Gasteiger charge is 2.27. The van der Waals surface area contributed by atoms with Gasteiger partial charge in [0.25, 0.3) is 0 Å². The van der Waals surface area contributed by atoms with Crippen molar-refractivity contribution in [1.29, 1.82) is 0 Å². The van der Waals surface area contributed by atoms with Crippen molar-refractivity contribution in [1.82, 2.24) is 5.32 Å². The van der Waals surface area contributed by atoms with Gasteiger partial charge in [-0.05, 0) is 12.8 Å². The molecule has 1 aliphatic heterocycles. The number of amides is 1. The van der Waals surface area contributed by atoms with Gasteiger partial charge >= 0.3 is 0 Å². The highest BCUT2D eigenvalue weighted by molar-refractivity contribution is 6.28. The number of ketones is 1. The first-order valence-corrected chi connectivity index (χ1v) is 4.80. The smallest absolute Gasteiger partial charge is 0.223 e. The van der Waals surface area contributed by atoms with E-state index in [0.29, 0.717) is 13.0 Å². The van der Waals surface area contributed by atoms with Gasteiger partial charge in [-0.25, -0.2) is 0 Å². The highest BCUT2D eigenvalue weighted by Crippen LogP contribution is 2.15. The number of rotatable bonds is 4. The average molecular weight is 241 g/mol. The second-order valence-corrected chi connectivity index (χ2v) is 3.49. The molecule has 0 aromatic rings. The van der Waals surface area contributed by atoms with Crippen LogP contribution in [-0.4, -0.2) is 30.2 Å². The van der Waals surface area contributed by atoms with E-state index in [2.05, 4.69) is 5.32 Å². The third-order valence-corrected chi connectivity index (χ3v) is 2.51. The molecule has 3 N–H and O–H groups in total. The third-order valence-electron chi connectivity index (χ3n) is 2.25. The van der Waals surface area contributed by atoms with E-state index >= 15 is 0 Å². The lowest BCUT2D eigenvalue weighted by Gasteiger charge is -2.11. The van der Waals surface area contributed by atoms with Crippen molar-refractivity contribution < 1.29 is 9.59 Å². The summed E-state index contributed by atoms with van der Waals surface area (Å²) >= 11 is 5.34. The molecule has 1 amide bonds. The molecule has 0 saturated carbocycles. The predicted molar refractivity (Wildman–Crippen MR) is 56.7 cm³/mol. The van der Waals surface area contributed by atoms with Crippen LogP contribution in [0.25, 0.3) is 0 Å². The van der Waals surface area contributed by atoms with Gasteiger partial charge < -0.3 is 11.1 Å². The zero-order valence-corrected chi connectivity index (χ0v) is 9.24. The Morgan fingerprint density at radius 3 is 2.79 bits per heavy atom. The van der Waals surface area contributed by atoms with E-state index < -0.39 is 6.04 Å². The summed E-state index contributed by atoms with van der Waals surface area (Å²) in [5, 5.41) is 2.69. The van der Waals surface area contributed by atoms with Crippen LogP contribution in [0.3, 0.4) is 0 Å². The lowest BCUT2D eigenvalue weighted by Crippen LogP contribution is -2.35. The maximum atomic E-state index is 11.1. The summed E-state index contributed by atoms with van der Waals surface area (Å²) in [6.07, 6.45) is 1.18. The van der Waals surface area contributed by atoms with Gasteiger partial charge in [-0.2, -0.15) is 0 Å². The Labute approximate surface area is 94.0 Å². The molecule has 6 heteroatoms. The van der Waals surface area contributed by atoms with Crippen molar-refractivity contribution in [3.63, 3.8) is 0 Å². The van der Waals surface area contributed by atoms with Crippen LogP contribution in [0.2, 0.25) is 0 Å². The third kappa shape index (κ3) is 3.44. The molecule has 1 heterocycles. The molecule has 1 rings (SSSR count). The molecule has 1 saturated heterocycles. The molecule has 14 heavy (non-hydrogen) atoms. The van der Waals surface area contributed by atoms with Crippen molar-refractivity contribution >= 4 is 35.7 Å². The van der Waals surface area contributed by atoms with Crippen LogP contribution in [0, 0.1) is 5.92 Å². The summed E-state index contributed by atoms with van der Waals surface area (Å²) in [6, 6.07) is -0.591. The number of carbonyl (C=O) groups excluding carboxylic acids is 2. The molecule has 0 unspecified atom stereocenters. The second-order valence-electron chi connectivity index (χ2n) is 3.22. The summed E-state index contributed by atoms with van der Waals surface area (Å²) in [6.45, 7) is 0.686. The molecule has 1 fully saturated rings. The SMILES string of the molecule is Cl.N[C@@H](C[C@@H]1CCNC1=O)C(=O)CCl. The summed E-state index contributed by atoms with van der Waals surface area (Å²) in [4.78, 5) is 22.1. The number of nitrogens with two attached hydrogens (primary N) is 1. The number of hydrogen-bond donors (Lipinski definition) is 2. The van der Waals surface area contributed by atoms with E-state index in [0.717, 1.165) is 6.42 Å². The van der Waals surface area contributed by atoms with Gasteiger partial charge in [-0.1, -0.05) is 0 Å². The molecule has 0 spiro atoms. The fourth-order valence-electron chi connectivity index (χ4n) is 1.41. The van der Waals surface area contributed by atoms with Gasteiger partial charge in [0.05, 0.1) is 11.9 Å². The summed E-state index contributed by atoms with van der Waals surface area (Å²) in [5.74, 6) is -0.378. The minimum absolute atomic E-state index is 0. The highest BCUT2D eigenvalue weighted by atomic mass is 35.5. The van der Waals surface area contributed by atoms with Gasteiger partial charge in [0.2, 0.25) is 5.91 Å². The number of alkyl halides is 1. The summed E-state index contributed by atoms with van der Waals surface area (Å²) in [7, 11) is 0. The maximum absolute atomic E-state index is 11.1. The molecular formula is C8H14Cl2N2O2. The lowest BCUT2D eigenvalue weighted by molar-refractivity contribution is -0.123. The van der Waals surface area contributed by atoms with Gasteiger partial charge in [0.15, 0.2) is 5.78 Å². The zero-order valence-electron chi connectivity index (χ0n) is 7.66. The number of Topliss-reactive ketones (excluding diaryl/α,β-unsaturated/α-hetero) is 1. The fraction of sp³-hybridized carbons (Fsp3) is 0.750. The number of hydrogen-bond acceptors (Lipinski definition) is 3. The van der Waals surface area contributed by atoms with Crippen molar-refractivity contribution in [3.05, 3.63) is 0 Å². The Balaban J connectivity index is 0.00000169. The Hall–Kier alpha value is -0.320. The zero-order chi connectivity index (χ0) is 9.84. The van der Waals surface area contributed by atoms with Crippen LogP contribution in [0.15, 0.2) is 0 Å². The van der Waals surface area contributed by atoms with Gasteiger partial charge in [-0.15, -0.1) is 24.0 Å². The predicted octanol–water partition coefficient (Wildman–Crippen LogP) is 0.0696. The maximum Gasteiger partial charge on any atom is 0.223 e. The lowest BCUT2D eigenvalue weighted by atomic mass is 9.97. The molecule has 0 aliphatic carbocycles. The van der Waals surface area contributed by atoms with E-state index in [9.17, 15) is 9.59 Å². The quantitative estimate of drug-likeness (QED) is 0.684. The first kappa shape index (κ1) is 13.7. The van der Waals surface area contributed by atoms with E-state index in [1.165, 1.54) is 0 Å². The molecule has 4 nitrogen and oxygen atoms in total. The minimum Gasteiger partial charge on any atom is -0.356 e. The molecule has 0 aromatic carbocycles.